The normalized spacial score (nSPS) is 16.0. The summed E-state index contributed by atoms with van der Waals surface area (Å²) in [5, 5.41) is 0. The lowest BCUT2D eigenvalue weighted by Crippen LogP contribution is -2.41. The minimum atomic E-state index is -0.556. The number of carbonyl (C=O) groups is 1. The van der Waals surface area contributed by atoms with Crippen LogP contribution in [0.2, 0.25) is 0 Å². The van der Waals surface area contributed by atoms with Gasteiger partial charge >= 0.3 is 0 Å². The summed E-state index contributed by atoms with van der Waals surface area (Å²) in [7, 11) is 1.46. The summed E-state index contributed by atoms with van der Waals surface area (Å²) in [6.07, 6.45) is 1.63. The molecular weight excluding hydrogens is 297 g/mol. The van der Waals surface area contributed by atoms with E-state index in [9.17, 15) is 9.18 Å². The van der Waals surface area contributed by atoms with E-state index in [0.717, 1.165) is 12.8 Å². The van der Waals surface area contributed by atoms with Crippen LogP contribution in [0.25, 0.3) is 0 Å². The van der Waals surface area contributed by atoms with Gasteiger partial charge < -0.3 is 14.4 Å². The van der Waals surface area contributed by atoms with Gasteiger partial charge in [-0.15, -0.1) is 11.6 Å². The first-order chi connectivity index (χ1) is 10.2. The molecule has 1 fully saturated rings. The number of benzene rings is 1. The van der Waals surface area contributed by atoms with E-state index in [1.54, 1.807) is 11.0 Å². The van der Waals surface area contributed by atoms with Gasteiger partial charge in [0.2, 0.25) is 0 Å². The molecule has 0 saturated carbocycles. The molecule has 1 heterocycles. The average molecular weight is 316 g/mol. The van der Waals surface area contributed by atoms with Crippen LogP contribution in [0, 0.1) is 5.82 Å². The largest absolute Gasteiger partial charge is 0.497 e. The maximum absolute atomic E-state index is 13.9. The second kappa shape index (κ2) is 7.61. The number of hydrogen-bond acceptors (Lipinski definition) is 3. The first-order valence-corrected chi connectivity index (χ1v) is 7.49. The molecule has 116 valence electrons. The number of likely N-dealkylation sites (tertiary alicyclic amines) is 1. The lowest BCUT2D eigenvalue weighted by atomic mass is 10.1. The van der Waals surface area contributed by atoms with E-state index >= 15 is 0 Å². The quantitative estimate of drug-likeness (QED) is 0.784. The van der Waals surface area contributed by atoms with Crippen molar-refractivity contribution in [2.75, 3.05) is 32.7 Å². The molecule has 4 nitrogen and oxygen atoms in total. The highest BCUT2D eigenvalue weighted by molar-refractivity contribution is 6.17. The molecule has 1 aliphatic rings. The van der Waals surface area contributed by atoms with E-state index in [-0.39, 0.29) is 17.6 Å². The monoisotopic (exact) mass is 315 g/mol. The van der Waals surface area contributed by atoms with E-state index in [0.29, 0.717) is 31.3 Å². The highest BCUT2D eigenvalue weighted by Gasteiger charge is 2.25. The van der Waals surface area contributed by atoms with Crippen molar-refractivity contribution in [3.05, 3.63) is 29.6 Å². The zero-order valence-electron chi connectivity index (χ0n) is 12.0. The van der Waals surface area contributed by atoms with Crippen LogP contribution in [-0.2, 0) is 4.74 Å². The number of carbonyl (C=O) groups excluding carboxylic acids is 1. The molecule has 2 rings (SSSR count). The van der Waals surface area contributed by atoms with E-state index in [1.165, 1.54) is 19.2 Å². The van der Waals surface area contributed by atoms with E-state index in [4.69, 9.17) is 21.1 Å². The topological polar surface area (TPSA) is 38.8 Å². The Hall–Kier alpha value is -1.33. The summed E-state index contributed by atoms with van der Waals surface area (Å²) in [5.74, 6) is 0.0268. The molecule has 1 aromatic carbocycles. The number of halogens is 2. The van der Waals surface area contributed by atoms with Gasteiger partial charge in [-0.1, -0.05) is 0 Å². The summed E-state index contributed by atoms with van der Waals surface area (Å²) < 4.78 is 24.4. The Kier molecular flexibility index (Phi) is 5.82. The zero-order valence-corrected chi connectivity index (χ0v) is 12.7. The van der Waals surface area contributed by atoms with Crippen molar-refractivity contribution in [2.45, 2.75) is 18.9 Å². The third-order valence-corrected chi connectivity index (χ3v) is 3.72. The molecule has 0 radical (unpaired) electrons. The van der Waals surface area contributed by atoms with Gasteiger partial charge in [-0.3, -0.25) is 4.79 Å². The fraction of sp³-hybridized carbons (Fsp3) is 0.533. The van der Waals surface area contributed by atoms with Gasteiger partial charge in [-0.05, 0) is 25.0 Å². The Labute approximate surface area is 128 Å². The molecule has 6 heteroatoms. The van der Waals surface area contributed by atoms with Crippen LogP contribution < -0.4 is 4.74 Å². The molecule has 1 aromatic rings. The van der Waals surface area contributed by atoms with Crippen molar-refractivity contribution in [3.8, 4) is 5.75 Å². The van der Waals surface area contributed by atoms with Gasteiger partial charge in [0.1, 0.15) is 11.6 Å². The first-order valence-electron chi connectivity index (χ1n) is 6.96. The van der Waals surface area contributed by atoms with Crippen molar-refractivity contribution in [3.63, 3.8) is 0 Å². The third-order valence-electron chi connectivity index (χ3n) is 3.57. The van der Waals surface area contributed by atoms with E-state index in [2.05, 4.69) is 0 Å². The van der Waals surface area contributed by atoms with Crippen molar-refractivity contribution >= 4 is 17.5 Å². The minimum Gasteiger partial charge on any atom is -0.497 e. The van der Waals surface area contributed by atoms with Crippen LogP contribution in [0.15, 0.2) is 18.2 Å². The Morgan fingerprint density at radius 3 is 2.71 bits per heavy atom. The minimum absolute atomic E-state index is 0.0796. The number of hydrogen-bond donors (Lipinski definition) is 0. The fourth-order valence-electron chi connectivity index (χ4n) is 2.40. The zero-order chi connectivity index (χ0) is 15.2. The lowest BCUT2D eigenvalue weighted by Gasteiger charge is -2.32. The molecule has 0 aliphatic carbocycles. The molecule has 0 aromatic heterocycles. The number of amides is 1. The number of piperidine rings is 1. The molecule has 21 heavy (non-hydrogen) atoms. The predicted octanol–water partition coefficient (Wildman–Crippen LogP) is 2.69. The second-order valence-electron chi connectivity index (χ2n) is 4.90. The molecule has 0 spiro atoms. The number of alkyl halides is 1. The number of nitrogens with zero attached hydrogens (tertiary/aromatic N) is 1. The van der Waals surface area contributed by atoms with Gasteiger partial charge in [-0.25, -0.2) is 4.39 Å². The summed E-state index contributed by atoms with van der Waals surface area (Å²) in [6, 6.07) is 4.28. The highest BCUT2D eigenvalue weighted by atomic mass is 35.5. The SMILES string of the molecule is COc1ccc(C(=O)N2CCC(OCCCl)CC2)c(F)c1. The van der Waals surface area contributed by atoms with Gasteiger partial charge in [-0.2, -0.15) is 0 Å². The van der Waals surface area contributed by atoms with Crippen LogP contribution >= 0.6 is 11.6 Å². The van der Waals surface area contributed by atoms with E-state index in [1.807, 2.05) is 0 Å². The summed E-state index contributed by atoms with van der Waals surface area (Å²) in [6.45, 7) is 1.65. The second-order valence-corrected chi connectivity index (χ2v) is 5.28. The van der Waals surface area contributed by atoms with Crippen LogP contribution in [0.5, 0.6) is 5.75 Å². The highest BCUT2D eigenvalue weighted by Crippen LogP contribution is 2.20. The first kappa shape index (κ1) is 16.0. The summed E-state index contributed by atoms with van der Waals surface area (Å²) in [4.78, 5) is 14.0. The molecule has 1 aliphatic heterocycles. The molecule has 0 bridgehead atoms. The van der Waals surface area contributed by atoms with Crippen LogP contribution in [0.1, 0.15) is 23.2 Å². The Morgan fingerprint density at radius 1 is 1.43 bits per heavy atom. The standard InChI is InChI=1S/C15H19ClFNO3/c1-20-12-2-3-13(14(17)10-12)15(19)18-7-4-11(5-8-18)21-9-6-16/h2-3,10-11H,4-9H2,1H3. The molecule has 0 N–H and O–H groups in total. The fourth-order valence-corrected chi connectivity index (χ4v) is 2.49. The Balaban J connectivity index is 1.95. The number of ether oxygens (including phenoxy) is 2. The van der Waals surface area contributed by atoms with Gasteiger partial charge in [0.15, 0.2) is 0 Å². The van der Waals surface area contributed by atoms with Gasteiger partial charge in [0.25, 0.3) is 5.91 Å². The van der Waals surface area contributed by atoms with Gasteiger partial charge in [0.05, 0.1) is 25.4 Å². The van der Waals surface area contributed by atoms with Gasteiger partial charge in [0, 0.05) is 25.0 Å². The lowest BCUT2D eigenvalue weighted by molar-refractivity contribution is 0.0153. The summed E-state index contributed by atoms with van der Waals surface area (Å²) >= 11 is 5.58. The maximum Gasteiger partial charge on any atom is 0.256 e. The number of rotatable bonds is 5. The average Bonchev–Trinajstić information content (AvgIpc) is 2.52. The molecule has 0 atom stereocenters. The Bertz CT molecular complexity index is 490. The van der Waals surface area contributed by atoms with Crippen molar-refractivity contribution < 1.29 is 18.7 Å². The smallest absolute Gasteiger partial charge is 0.256 e. The maximum atomic E-state index is 13.9. The van der Waals surface area contributed by atoms with Crippen molar-refractivity contribution in [1.29, 1.82) is 0 Å². The third kappa shape index (κ3) is 4.08. The van der Waals surface area contributed by atoms with Crippen molar-refractivity contribution in [2.24, 2.45) is 0 Å². The summed E-state index contributed by atoms with van der Waals surface area (Å²) in [5.41, 5.74) is 0.0796. The molecule has 1 amide bonds. The van der Waals surface area contributed by atoms with E-state index < -0.39 is 5.82 Å². The van der Waals surface area contributed by atoms with Crippen LogP contribution in [0.4, 0.5) is 4.39 Å². The molecule has 0 unspecified atom stereocenters. The molecular formula is C15H19ClFNO3. The number of methoxy groups -OCH3 is 1. The van der Waals surface area contributed by atoms with Crippen molar-refractivity contribution in [1.82, 2.24) is 4.90 Å². The van der Waals surface area contributed by atoms with Crippen LogP contribution in [-0.4, -0.2) is 49.6 Å². The predicted molar refractivity (Wildman–Crippen MR) is 78.5 cm³/mol. The Morgan fingerprint density at radius 2 is 2.14 bits per heavy atom. The van der Waals surface area contributed by atoms with Crippen LogP contribution in [0.3, 0.4) is 0 Å². The molecule has 1 saturated heterocycles.